The summed E-state index contributed by atoms with van der Waals surface area (Å²) >= 11 is 0. The van der Waals surface area contributed by atoms with Crippen LogP contribution in [0.15, 0.2) is 30.3 Å². The molecule has 0 saturated carbocycles. The maximum Gasteiger partial charge on any atom is 0.224 e. The number of carbonyl (C=O) groups is 1. The number of hydrogen-bond donors (Lipinski definition) is 1. The second kappa shape index (κ2) is 3.59. The van der Waals surface area contributed by atoms with Crippen LogP contribution >= 0.6 is 0 Å². The van der Waals surface area contributed by atoms with Gasteiger partial charge < -0.3 is 4.90 Å². The highest BCUT2D eigenvalue weighted by Crippen LogP contribution is 2.38. The van der Waals surface area contributed by atoms with E-state index in [2.05, 4.69) is 17.4 Å². The van der Waals surface area contributed by atoms with Crippen molar-refractivity contribution in [2.45, 2.75) is 24.9 Å². The Morgan fingerprint density at radius 2 is 2.06 bits per heavy atom. The first-order chi connectivity index (χ1) is 7.83. The molecule has 1 aromatic rings. The fourth-order valence-corrected chi connectivity index (χ4v) is 2.97. The van der Waals surface area contributed by atoms with Gasteiger partial charge in [0.25, 0.3) is 0 Å². The molecule has 1 aromatic carbocycles. The third-order valence-electron chi connectivity index (χ3n) is 3.70. The molecule has 0 bridgehead atoms. The van der Waals surface area contributed by atoms with Crippen molar-refractivity contribution < 1.29 is 4.79 Å². The van der Waals surface area contributed by atoms with Crippen LogP contribution in [0.4, 0.5) is 0 Å². The number of nitrogens with one attached hydrogen (secondary N) is 1. The van der Waals surface area contributed by atoms with Gasteiger partial charge in [0, 0.05) is 19.5 Å². The van der Waals surface area contributed by atoms with E-state index in [1.54, 1.807) is 0 Å². The molecule has 2 fully saturated rings. The van der Waals surface area contributed by atoms with E-state index < -0.39 is 0 Å². The number of rotatable bonds is 1. The molecule has 84 valence electrons. The van der Waals surface area contributed by atoms with Gasteiger partial charge in [-0.3, -0.25) is 10.1 Å². The van der Waals surface area contributed by atoms with E-state index in [0.717, 1.165) is 25.9 Å². The first-order valence-corrected chi connectivity index (χ1v) is 5.94. The zero-order valence-corrected chi connectivity index (χ0v) is 9.28. The van der Waals surface area contributed by atoms with Crippen molar-refractivity contribution in [1.82, 2.24) is 10.2 Å². The molecule has 0 aromatic heterocycles. The molecule has 1 atom stereocenters. The molecular weight excluding hydrogens is 200 g/mol. The lowest BCUT2D eigenvalue weighted by Crippen LogP contribution is -2.53. The van der Waals surface area contributed by atoms with Crippen molar-refractivity contribution in [2.75, 3.05) is 13.1 Å². The van der Waals surface area contributed by atoms with Gasteiger partial charge in [0.15, 0.2) is 0 Å². The summed E-state index contributed by atoms with van der Waals surface area (Å²) in [6.07, 6.45) is 2.72. The van der Waals surface area contributed by atoms with Crippen LogP contribution in [-0.4, -0.2) is 23.9 Å². The van der Waals surface area contributed by atoms with Gasteiger partial charge in [0.2, 0.25) is 5.91 Å². The van der Waals surface area contributed by atoms with Crippen LogP contribution in [0.1, 0.15) is 24.8 Å². The number of benzene rings is 1. The minimum Gasteiger partial charge on any atom is -0.319 e. The summed E-state index contributed by atoms with van der Waals surface area (Å²) in [7, 11) is 0. The smallest absolute Gasteiger partial charge is 0.224 e. The average molecular weight is 216 g/mol. The Morgan fingerprint density at radius 1 is 1.25 bits per heavy atom. The van der Waals surface area contributed by atoms with Crippen molar-refractivity contribution in [3.05, 3.63) is 35.9 Å². The zero-order valence-electron chi connectivity index (χ0n) is 9.28. The summed E-state index contributed by atoms with van der Waals surface area (Å²) in [5, 5.41) is 3.52. The predicted molar refractivity (Wildman–Crippen MR) is 61.7 cm³/mol. The van der Waals surface area contributed by atoms with Gasteiger partial charge in [0.1, 0.15) is 5.66 Å². The number of amides is 1. The second-order valence-electron chi connectivity index (χ2n) is 4.55. The fourth-order valence-electron chi connectivity index (χ4n) is 2.97. The largest absolute Gasteiger partial charge is 0.319 e. The Hall–Kier alpha value is -1.35. The molecule has 16 heavy (non-hydrogen) atoms. The summed E-state index contributed by atoms with van der Waals surface area (Å²) in [5.74, 6) is 0.292. The molecule has 3 nitrogen and oxygen atoms in total. The van der Waals surface area contributed by atoms with Crippen LogP contribution in [0, 0.1) is 0 Å². The van der Waals surface area contributed by atoms with Crippen LogP contribution in [0.5, 0.6) is 0 Å². The van der Waals surface area contributed by atoms with Crippen molar-refractivity contribution in [3.8, 4) is 0 Å². The van der Waals surface area contributed by atoms with E-state index in [0.29, 0.717) is 12.3 Å². The SMILES string of the molecule is O=C1CCCC2(c3ccccc3)NCCN12. The number of piperidine rings is 1. The lowest BCUT2D eigenvalue weighted by Gasteiger charge is -2.42. The minimum absolute atomic E-state index is 0.212. The van der Waals surface area contributed by atoms with Crippen LogP contribution in [0.2, 0.25) is 0 Å². The molecule has 0 radical (unpaired) electrons. The minimum atomic E-state index is -0.212. The maximum atomic E-state index is 11.9. The molecule has 3 heteroatoms. The molecule has 2 aliphatic rings. The Kier molecular flexibility index (Phi) is 2.21. The molecule has 1 N–H and O–H groups in total. The molecule has 3 rings (SSSR count). The van der Waals surface area contributed by atoms with Crippen molar-refractivity contribution in [1.29, 1.82) is 0 Å². The lowest BCUT2D eigenvalue weighted by atomic mass is 9.89. The Morgan fingerprint density at radius 3 is 2.88 bits per heavy atom. The third kappa shape index (κ3) is 1.28. The molecule has 2 saturated heterocycles. The molecule has 2 aliphatic heterocycles. The first-order valence-electron chi connectivity index (χ1n) is 5.94. The molecule has 2 heterocycles. The van der Waals surface area contributed by atoms with Gasteiger partial charge in [0.05, 0.1) is 0 Å². The van der Waals surface area contributed by atoms with Crippen LogP contribution in [0.3, 0.4) is 0 Å². The summed E-state index contributed by atoms with van der Waals surface area (Å²) in [4.78, 5) is 14.0. The quantitative estimate of drug-likeness (QED) is 0.770. The van der Waals surface area contributed by atoms with Crippen LogP contribution < -0.4 is 5.32 Å². The second-order valence-corrected chi connectivity index (χ2v) is 4.55. The summed E-state index contributed by atoms with van der Waals surface area (Å²) in [6.45, 7) is 1.74. The number of nitrogens with zero attached hydrogens (tertiary/aromatic N) is 1. The highest BCUT2D eigenvalue weighted by molar-refractivity contribution is 5.78. The first kappa shape index (κ1) is 9.85. The van der Waals surface area contributed by atoms with Gasteiger partial charge in [-0.2, -0.15) is 0 Å². The molecule has 0 aliphatic carbocycles. The van der Waals surface area contributed by atoms with Crippen molar-refractivity contribution >= 4 is 5.91 Å². The van der Waals surface area contributed by atoms with Crippen molar-refractivity contribution in [2.24, 2.45) is 0 Å². The number of hydrogen-bond acceptors (Lipinski definition) is 2. The Balaban J connectivity index is 2.05. The van der Waals surface area contributed by atoms with E-state index in [1.807, 2.05) is 23.1 Å². The standard InChI is InChI=1S/C13H16N2O/c16-12-7-4-8-13(14-9-10-15(12)13)11-5-2-1-3-6-11/h1-3,5-6,14H,4,7-10H2. The number of fused-ring (bicyclic) bond motifs is 1. The number of carbonyl (C=O) groups excluding carboxylic acids is 1. The molecule has 1 unspecified atom stereocenters. The lowest BCUT2D eigenvalue weighted by molar-refractivity contribution is -0.140. The predicted octanol–water partition coefficient (Wildman–Crippen LogP) is 1.46. The highest BCUT2D eigenvalue weighted by Gasteiger charge is 2.46. The van der Waals surface area contributed by atoms with Crippen LogP contribution in [-0.2, 0) is 10.5 Å². The molecule has 1 amide bonds. The highest BCUT2D eigenvalue weighted by atomic mass is 16.2. The monoisotopic (exact) mass is 216 g/mol. The average Bonchev–Trinajstić information content (AvgIpc) is 2.77. The summed E-state index contributed by atoms with van der Waals surface area (Å²) in [5.41, 5.74) is 1.01. The topological polar surface area (TPSA) is 32.3 Å². The summed E-state index contributed by atoms with van der Waals surface area (Å²) in [6, 6.07) is 10.3. The van der Waals surface area contributed by atoms with Gasteiger partial charge in [-0.05, 0) is 18.4 Å². The fraction of sp³-hybridized carbons (Fsp3) is 0.462. The molecular formula is C13H16N2O. The third-order valence-corrected chi connectivity index (χ3v) is 3.70. The van der Waals surface area contributed by atoms with Crippen molar-refractivity contribution in [3.63, 3.8) is 0 Å². The normalized spacial score (nSPS) is 29.2. The van der Waals surface area contributed by atoms with Gasteiger partial charge in [-0.15, -0.1) is 0 Å². The summed E-state index contributed by atoms with van der Waals surface area (Å²) < 4.78 is 0. The van der Waals surface area contributed by atoms with E-state index >= 15 is 0 Å². The van der Waals surface area contributed by atoms with Gasteiger partial charge >= 0.3 is 0 Å². The van der Waals surface area contributed by atoms with Crippen LogP contribution in [0.25, 0.3) is 0 Å². The van der Waals surface area contributed by atoms with Gasteiger partial charge in [-0.25, -0.2) is 0 Å². The molecule has 0 spiro atoms. The Labute approximate surface area is 95.4 Å². The maximum absolute atomic E-state index is 11.9. The van der Waals surface area contributed by atoms with Gasteiger partial charge in [-0.1, -0.05) is 30.3 Å². The van der Waals surface area contributed by atoms with E-state index in [4.69, 9.17) is 0 Å². The van der Waals surface area contributed by atoms with E-state index in [1.165, 1.54) is 5.56 Å². The zero-order chi connectivity index (χ0) is 11.0. The van der Waals surface area contributed by atoms with E-state index in [9.17, 15) is 4.79 Å². The Bertz CT molecular complexity index is 404. The van der Waals surface area contributed by atoms with E-state index in [-0.39, 0.29) is 5.66 Å².